The van der Waals surface area contributed by atoms with E-state index >= 15 is 0 Å². The lowest BCUT2D eigenvalue weighted by molar-refractivity contribution is -0.128. The number of hydrogen-bond acceptors (Lipinski definition) is 5. The van der Waals surface area contributed by atoms with E-state index in [9.17, 15) is 19.8 Å². The first-order valence-electron chi connectivity index (χ1n) is 5.06. The zero-order valence-corrected chi connectivity index (χ0v) is 8.64. The van der Waals surface area contributed by atoms with Crippen LogP contribution >= 0.6 is 0 Å². The predicted molar refractivity (Wildman–Crippen MR) is 56.8 cm³/mol. The van der Waals surface area contributed by atoms with Gasteiger partial charge in [-0.2, -0.15) is 0 Å². The van der Waals surface area contributed by atoms with Gasteiger partial charge in [0.05, 0.1) is 12.0 Å². The van der Waals surface area contributed by atoms with E-state index in [0.717, 1.165) is 6.07 Å². The number of phenols is 2. The number of benzene rings is 1. The molecule has 5 heteroatoms. The average molecular weight is 232 g/mol. The van der Waals surface area contributed by atoms with Crippen molar-refractivity contribution in [1.29, 1.82) is 0 Å². The Morgan fingerprint density at radius 1 is 1.24 bits per heavy atom. The first kappa shape index (κ1) is 9.89. The molecule has 1 aliphatic carbocycles. The Bertz CT molecular complexity index is 585. The number of aromatic hydroxyl groups is 2. The third-order valence-electron chi connectivity index (χ3n) is 2.84. The minimum atomic E-state index is -0.838. The van der Waals surface area contributed by atoms with Crippen LogP contribution in [0.5, 0.6) is 17.2 Å². The van der Waals surface area contributed by atoms with Gasteiger partial charge in [-0.1, -0.05) is 0 Å². The van der Waals surface area contributed by atoms with Crippen molar-refractivity contribution in [2.24, 2.45) is 0 Å². The molecule has 86 valence electrons. The van der Waals surface area contributed by atoms with E-state index in [0.29, 0.717) is 11.1 Å². The number of hydrogen-bond donors (Lipinski definition) is 2. The van der Waals surface area contributed by atoms with Gasteiger partial charge in [-0.05, 0) is 6.08 Å². The normalized spacial score (nSPS) is 21.6. The van der Waals surface area contributed by atoms with Gasteiger partial charge >= 0.3 is 0 Å². The van der Waals surface area contributed by atoms with Gasteiger partial charge in [-0.15, -0.1) is 0 Å². The molecule has 2 N–H and O–H groups in total. The molecule has 0 fully saturated rings. The van der Waals surface area contributed by atoms with Crippen molar-refractivity contribution in [2.75, 3.05) is 0 Å². The minimum Gasteiger partial charge on any atom is -0.508 e. The first-order chi connectivity index (χ1) is 8.06. The van der Waals surface area contributed by atoms with Crippen LogP contribution in [-0.4, -0.2) is 27.9 Å². The van der Waals surface area contributed by atoms with Crippen molar-refractivity contribution in [3.05, 3.63) is 23.8 Å². The number of phenolic OH excluding ortho intramolecular Hbond substituents is 2. The Hall–Kier alpha value is -2.30. The molecule has 1 aromatic carbocycles. The van der Waals surface area contributed by atoms with Crippen LogP contribution in [0.2, 0.25) is 0 Å². The molecule has 1 aromatic rings. The van der Waals surface area contributed by atoms with E-state index in [1.807, 2.05) is 0 Å². The van der Waals surface area contributed by atoms with Gasteiger partial charge < -0.3 is 14.9 Å². The summed E-state index contributed by atoms with van der Waals surface area (Å²) in [7, 11) is 0. The molecule has 5 nitrogen and oxygen atoms in total. The topological polar surface area (TPSA) is 83.8 Å². The second-order valence-corrected chi connectivity index (χ2v) is 4.05. The number of carbonyl (C=O) groups is 2. The van der Waals surface area contributed by atoms with Gasteiger partial charge in [0, 0.05) is 17.7 Å². The van der Waals surface area contributed by atoms with Crippen molar-refractivity contribution in [2.45, 2.75) is 12.5 Å². The van der Waals surface area contributed by atoms with Crippen LogP contribution < -0.4 is 4.74 Å². The van der Waals surface area contributed by atoms with Crippen molar-refractivity contribution < 1.29 is 24.5 Å². The number of fused-ring (bicyclic) bond motifs is 3. The molecular weight excluding hydrogens is 224 g/mol. The van der Waals surface area contributed by atoms with Crippen LogP contribution in [0.1, 0.15) is 12.0 Å². The molecule has 2 aliphatic rings. The highest BCUT2D eigenvalue weighted by Crippen LogP contribution is 2.46. The fraction of sp³-hybridized carbons (Fsp3) is 0.167. The summed E-state index contributed by atoms with van der Waals surface area (Å²) in [6.07, 6.45) is 0.291. The second-order valence-electron chi connectivity index (χ2n) is 4.05. The summed E-state index contributed by atoms with van der Waals surface area (Å²) < 4.78 is 5.34. The smallest absolute Gasteiger partial charge is 0.185 e. The summed E-state index contributed by atoms with van der Waals surface area (Å²) in [6, 6.07) is 2.46. The van der Waals surface area contributed by atoms with Crippen LogP contribution in [0, 0.1) is 0 Å². The number of allylic oxidation sites excluding steroid dienone is 1. The predicted octanol–water partition coefficient (Wildman–Crippen LogP) is 0.784. The lowest BCUT2D eigenvalue weighted by atomic mass is 9.91. The largest absolute Gasteiger partial charge is 0.508 e. The second kappa shape index (κ2) is 3.10. The van der Waals surface area contributed by atoms with Crippen LogP contribution in [-0.2, 0) is 9.59 Å². The molecule has 3 rings (SSSR count). The molecule has 17 heavy (non-hydrogen) atoms. The fourth-order valence-electron chi connectivity index (χ4n) is 2.17. The highest BCUT2D eigenvalue weighted by atomic mass is 16.5. The van der Waals surface area contributed by atoms with Gasteiger partial charge in [0.25, 0.3) is 0 Å². The summed E-state index contributed by atoms with van der Waals surface area (Å²) in [6.45, 7) is 0. The quantitative estimate of drug-likeness (QED) is 0.646. The number of rotatable bonds is 0. The summed E-state index contributed by atoms with van der Waals surface area (Å²) >= 11 is 0. The van der Waals surface area contributed by atoms with Crippen LogP contribution in [0.25, 0.3) is 5.57 Å². The van der Waals surface area contributed by atoms with Gasteiger partial charge in [0.2, 0.25) is 0 Å². The molecule has 1 aliphatic heterocycles. The number of carbonyl (C=O) groups excluding carboxylic acids is 2. The van der Waals surface area contributed by atoms with Gasteiger partial charge in [-0.3, -0.25) is 9.59 Å². The standard InChI is InChI=1S/C12H8O5/c13-5-1-7-11-8(15)2-6(14)4-10(11)17-12(7)9(16)3-5/h1-2,4,12,14-15H,3H2. The Balaban J connectivity index is 2.23. The van der Waals surface area contributed by atoms with E-state index in [4.69, 9.17) is 4.74 Å². The average Bonchev–Trinajstić information content (AvgIpc) is 2.56. The van der Waals surface area contributed by atoms with E-state index in [2.05, 4.69) is 0 Å². The lowest BCUT2D eigenvalue weighted by Gasteiger charge is -2.14. The first-order valence-corrected chi connectivity index (χ1v) is 5.06. The number of ketones is 2. The maximum absolute atomic E-state index is 11.6. The molecule has 1 unspecified atom stereocenters. The Kier molecular flexibility index (Phi) is 1.80. The van der Waals surface area contributed by atoms with Gasteiger partial charge in [0.15, 0.2) is 17.7 Å². The number of Topliss-reactive ketones (excluding diaryl/α,β-unsaturated/α-hetero) is 1. The van der Waals surface area contributed by atoms with Gasteiger partial charge in [0.1, 0.15) is 17.2 Å². The molecule has 1 atom stereocenters. The van der Waals surface area contributed by atoms with E-state index in [1.54, 1.807) is 0 Å². The molecule has 0 amide bonds. The molecule has 0 saturated carbocycles. The highest BCUT2D eigenvalue weighted by Gasteiger charge is 2.40. The van der Waals surface area contributed by atoms with Crippen molar-refractivity contribution in [1.82, 2.24) is 0 Å². The number of ether oxygens (including phenoxy) is 1. The fourth-order valence-corrected chi connectivity index (χ4v) is 2.17. The summed E-state index contributed by atoms with van der Waals surface area (Å²) in [5.74, 6) is -0.759. The van der Waals surface area contributed by atoms with Crippen molar-refractivity contribution >= 4 is 17.1 Å². The van der Waals surface area contributed by atoms with E-state index in [1.165, 1.54) is 12.1 Å². The zero-order valence-electron chi connectivity index (χ0n) is 8.64. The van der Waals surface area contributed by atoms with Crippen LogP contribution in [0.15, 0.2) is 18.2 Å². The van der Waals surface area contributed by atoms with Crippen LogP contribution in [0.4, 0.5) is 0 Å². The van der Waals surface area contributed by atoms with Crippen molar-refractivity contribution in [3.8, 4) is 17.2 Å². The van der Waals surface area contributed by atoms with E-state index < -0.39 is 6.10 Å². The monoisotopic (exact) mass is 232 g/mol. The summed E-state index contributed by atoms with van der Waals surface area (Å²) in [4.78, 5) is 22.9. The molecule has 0 spiro atoms. The molecule has 0 saturated heterocycles. The SMILES string of the molecule is O=C1C=C2c3c(O)cc(O)cc3OC2C(=O)C1. The van der Waals surface area contributed by atoms with Crippen LogP contribution in [0.3, 0.4) is 0 Å². The molecule has 1 heterocycles. The minimum absolute atomic E-state index is 0.153. The highest BCUT2D eigenvalue weighted by molar-refractivity contribution is 6.19. The third-order valence-corrected chi connectivity index (χ3v) is 2.84. The molecule has 0 radical (unpaired) electrons. The third kappa shape index (κ3) is 1.32. The molecule has 0 bridgehead atoms. The Morgan fingerprint density at radius 3 is 2.76 bits per heavy atom. The van der Waals surface area contributed by atoms with Crippen molar-refractivity contribution in [3.63, 3.8) is 0 Å². The summed E-state index contributed by atoms with van der Waals surface area (Å²) in [5.41, 5.74) is 0.688. The molecular formula is C12H8O5. The molecule has 0 aromatic heterocycles. The Morgan fingerprint density at radius 2 is 2.00 bits per heavy atom. The maximum atomic E-state index is 11.6. The van der Waals surface area contributed by atoms with Gasteiger partial charge in [-0.25, -0.2) is 0 Å². The maximum Gasteiger partial charge on any atom is 0.185 e. The Labute approximate surface area is 95.9 Å². The summed E-state index contributed by atoms with van der Waals surface area (Å²) in [5, 5.41) is 19.0. The lowest BCUT2D eigenvalue weighted by Crippen LogP contribution is -2.30. The van der Waals surface area contributed by atoms with E-state index in [-0.39, 0.29) is 35.2 Å². The zero-order chi connectivity index (χ0) is 12.2.